The largest absolute Gasteiger partial charge is 0.465 e. The van der Waals surface area contributed by atoms with Crippen molar-refractivity contribution < 1.29 is 29.0 Å². The highest BCUT2D eigenvalue weighted by molar-refractivity contribution is 5.88. The van der Waals surface area contributed by atoms with Crippen LogP contribution in [0.2, 0.25) is 0 Å². The Morgan fingerprint density at radius 2 is 1.14 bits per heavy atom. The maximum Gasteiger partial charge on any atom is 0.407 e. The number of carbonyl (C=O) groups excluding carboxylic acids is 3. The molecule has 2 aromatic heterocycles. The van der Waals surface area contributed by atoms with E-state index in [9.17, 15) is 24.3 Å². The number of methoxy groups -OCH3 is 1. The van der Waals surface area contributed by atoms with E-state index in [4.69, 9.17) is 9.72 Å². The lowest BCUT2D eigenvalue weighted by molar-refractivity contribution is -0.135. The highest BCUT2D eigenvalue weighted by Gasteiger charge is 2.38. The zero-order chi connectivity index (χ0) is 40.9. The summed E-state index contributed by atoms with van der Waals surface area (Å²) in [5, 5.41) is 14.6. The number of likely N-dealkylation sites (tertiary alicyclic amines) is 2. The number of hydrogen-bond acceptors (Lipinski definition) is 7. The standard InChI is InChI=1S/C45H44N8O6/c1-59-45(58)51-39(31-13-6-3-7-14-31)43(55)53-24-10-18-37(53)41-47-27-35(49-41)33-16-8-15-32(25-33)28-19-21-29(22-20-28)34-26-46-40(48-34)36-17-9-23-52(36)42(54)38(50-44(56)57)30-11-4-2-5-12-30/h2-8,11-16,19-22,25-27,36-39,50H,9-10,17-18,23-24H2,1H3,(H,46,48)(H,47,49)(H,51,58)(H,56,57)/t36-,37+,38-,39-/m1/s1. The number of imidazole rings is 2. The van der Waals surface area contributed by atoms with Crippen LogP contribution in [-0.4, -0.2) is 79.0 Å². The first-order valence-corrected chi connectivity index (χ1v) is 19.6. The van der Waals surface area contributed by atoms with Gasteiger partial charge >= 0.3 is 12.2 Å². The predicted octanol–water partition coefficient (Wildman–Crippen LogP) is 7.57. The van der Waals surface area contributed by atoms with Gasteiger partial charge in [0.25, 0.3) is 11.8 Å². The van der Waals surface area contributed by atoms with E-state index in [-0.39, 0.29) is 23.9 Å². The van der Waals surface area contributed by atoms with Gasteiger partial charge in [0.15, 0.2) is 0 Å². The summed E-state index contributed by atoms with van der Waals surface area (Å²) in [4.78, 5) is 71.4. The molecule has 0 radical (unpaired) electrons. The molecule has 300 valence electrons. The fourth-order valence-corrected chi connectivity index (χ4v) is 8.14. The first-order chi connectivity index (χ1) is 28.8. The fraction of sp³-hybridized carbons (Fsp3) is 0.244. The van der Waals surface area contributed by atoms with Crippen LogP contribution in [0.5, 0.6) is 0 Å². The van der Waals surface area contributed by atoms with Crippen LogP contribution in [0.4, 0.5) is 9.59 Å². The maximum absolute atomic E-state index is 13.9. The Balaban J connectivity index is 0.957. The molecule has 2 saturated heterocycles. The molecule has 2 fully saturated rings. The van der Waals surface area contributed by atoms with E-state index >= 15 is 0 Å². The number of alkyl carbamates (subject to hydrolysis) is 1. The molecular formula is C45H44N8O6. The Labute approximate surface area is 340 Å². The van der Waals surface area contributed by atoms with Crippen molar-refractivity contribution in [1.82, 2.24) is 40.4 Å². The van der Waals surface area contributed by atoms with Gasteiger partial charge in [0.1, 0.15) is 23.7 Å². The zero-order valence-corrected chi connectivity index (χ0v) is 32.4. The number of benzene rings is 4. The van der Waals surface area contributed by atoms with E-state index in [1.54, 1.807) is 46.5 Å². The van der Waals surface area contributed by atoms with Crippen LogP contribution in [0.15, 0.2) is 122 Å². The molecule has 4 amide bonds. The van der Waals surface area contributed by atoms with Crippen molar-refractivity contribution in [2.24, 2.45) is 0 Å². The molecule has 2 aliphatic heterocycles. The van der Waals surface area contributed by atoms with Gasteiger partial charge in [0.2, 0.25) is 0 Å². The molecule has 5 N–H and O–H groups in total. The molecule has 0 unspecified atom stereocenters. The number of rotatable bonds is 11. The molecule has 14 heteroatoms. The third kappa shape index (κ3) is 8.28. The van der Waals surface area contributed by atoms with Gasteiger partial charge in [-0.05, 0) is 59.6 Å². The van der Waals surface area contributed by atoms with Gasteiger partial charge in [-0.3, -0.25) is 9.59 Å². The van der Waals surface area contributed by atoms with Gasteiger partial charge in [-0.25, -0.2) is 19.6 Å². The van der Waals surface area contributed by atoms with Crippen LogP contribution in [0.25, 0.3) is 33.6 Å². The first-order valence-electron chi connectivity index (χ1n) is 19.6. The first kappa shape index (κ1) is 38.6. The van der Waals surface area contributed by atoms with Gasteiger partial charge in [0, 0.05) is 18.7 Å². The van der Waals surface area contributed by atoms with Crippen LogP contribution in [0, 0.1) is 0 Å². The molecule has 14 nitrogen and oxygen atoms in total. The number of carboxylic acid groups (broad SMARTS) is 1. The minimum Gasteiger partial charge on any atom is -0.465 e. The van der Waals surface area contributed by atoms with Gasteiger partial charge in [0.05, 0.1) is 43.0 Å². The van der Waals surface area contributed by atoms with Crippen molar-refractivity contribution in [2.45, 2.75) is 49.9 Å². The van der Waals surface area contributed by atoms with Crippen molar-refractivity contribution in [3.63, 3.8) is 0 Å². The van der Waals surface area contributed by atoms with Crippen molar-refractivity contribution >= 4 is 24.0 Å². The fourth-order valence-electron chi connectivity index (χ4n) is 8.14. The second-order valence-electron chi connectivity index (χ2n) is 14.7. The lowest BCUT2D eigenvalue weighted by Crippen LogP contribution is -2.42. The number of H-pyrrole nitrogens is 2. The molecule has 59 heavy (non-hydrogen) atoms. The molecule has 4 aromatic carbocycles. The average Bonchev–Trinajstić information content (AvgIpc) is 4.12. The number of ether oxygens (including phenoxy) is 1. The summed E-state index contributed by atoms with van der Waals surface area (Å²) in [7, 11) is 1.27. The number of amides is 4. The van der Waals surface area contributed by atoms with Crippen LogP contribution in [0.3, 0.4) is 0 Å². The molecule has 0 bridgehead atoms. The van der Waals surface area contributed by atoms with E-state index < -0.39 is 24.3 Å². The molecule has 6 aromatic rings. The lowest BCUT2D eigenvalue weighted by Gasteiger charge is -2.28. The molecule has 2 aliphatic rings. The van der Waals surface area contributed by atoms with Crippen LogP contribution >= 0.6 is 0 Å². The van der Waals surface area contributed by atoms with Crippen molar-refractivity contribution in [3.05, 3.63) is 144 Å². The maximum atomic E-state index is 13.9. The highest BCUT2D eigenvalue weighted by Crippen LogP contribution is 2.36. The monoisotopic (exact) mass is 792 g/mol. The summed E-state index contributed by atoms with van der Waals surface area (Å²) >= 11 is 0. The molecule has 4 atom stereocenters. The third-order valence-electron chi connectivity index (χ3n) is 11.1. The van der Waals surface area contributed by atoms with Crippen molar-refractivity contribution in [2.75, 3.05) is 20.2 Å². The van der Waals surface area contributed by atoms with Crippen molar-refractivity contribution in [1.29, 1.82) is 0 Å². The van der Waals surface area contributed by atoms with Gasteiger partial charge < -0.3 is 40.2 Å². The summed E-state index contributed by atoms with van der Waals surface area (Å²) in [6, 6.07) is 31.8. The second-order valence-corrected chi connectivity index (χ2v) is 14.7. The number of hydrogen-bond donors (Lipinski definition) is 5. The van der Waals surface area contributed by atoms with Crippen LogP contribution in [-0.2, 0) is 14.3 Å². The smallest absolute Gasteiger partial charge is 0.407 e. The Kier molecular flexibility index (Phi) is 11.2. The zero-order valence-electron chi connectivity index (χ0n) is 32.4. The number of nitrogens with one attached hydrogen (secondary N) is 4. The topological polar surface area (TPSA) is 186 Å². The van der Waals surface area contributed by atoms with Crippen molar-refractivity contribution in [3.8, 4) is 33.6 Å². The van der Waals surface area contributed by atoms with Crippen LogP contribution in [0.1, 0.15) is 72.6 Å². The predicted molar refractivity (Wildman–Crippen MR) is 219 cm³/mol. The second kappa shape index (κ2) is 17.1. The number of aromatic nitrogens is 4. The Morgan fingerprint density at radius 3 is 1.66 bits per heavy atom. The number of nitrogens with zero attached hydrogens (tertiary/aromatic N) is 4. The van der Waals surface area contributed by atoms with Gasteiger partial charge in [-0.1, -0.05) is 103 Å². The third-order valence-corrected chi connectivity index (χ3v) is 11.1. The van der Waals surface area contributed by atoms with E-state index in [0.717, 1.165) is 52.9 Å². The number of aromatic amines is 2. The summed E-state index contributed by atoms with van der Waals surface area (Å²) in [6.45, 7) is 1.04. The highest BCUT2D eigenvalue weighted by atomic mass is 16.5. The minimum atomic E-state index is -1.26. The van der Waals surface area contributed by atoms with Gasteiger partial charge in [-0.2, -0.15) is 0 Å². The molecule has 0 saturated carbocycles. The SMILES string of the molecule is COC(=O)N[C@@H](C(=O)N1CCC[C@H]1c1ncc(-c2cccc(-c3ccc(-c4cnc([C@H]5CCCN5C(=O)[C@H](NC(=O)O)c5ccccc5)[nH]4)cc3)c2)[nH]1)c1ccccc1. The molecule has 8 rings (SSSR count). The minimum absolute atomic E-state index is 0.225. The summed E-state index contributed by atoms with van der Waals surface area (Å²) < 4.78 is 4.83. The number of carbonyl (C=O) groups is 4. The normalized spacial score (nSPS) is 17.3. The summed E-state index contributed by atoms with van der Waals surface area (Å²) in [5.41, 5.74) is 6.78. The van der Waals surface area contributed by atoms with E-state index in [1.165, 1.54) is 7.11 Å². The van der Waals surface area contributed by atoms with E-state index in [2.05, 4.69) is 31.7 Å². The average molecular weight is 793 g/mol. The summed E-state index contributed by atoms with van der Waals surface area (Å²) in [6.07, 6.45) is 4.64. The Bertz CT molecular complexity index is 2430. The molecule has 0 spiro atoms. The Morgan fingerprint density at radius 1 is 0.644 bits per heavy atom. The molecule has 4 heterocycles. The Hall–Kier alpha value is -7.22. The molecular weight excluding hydrogens is 749 g/mol. The lowest BCUT2D eigenvalue weighted by atomic mass is 10.0. The quantitative estimate of drug-likeness (QED) is 0.0889. The van der Waals surface area contributed by atoms with Gasteiger partial charge in [-0.15, -0.1) is 0 Å². The van der Waals surface area contributed by atoms with E-state index in [0.29, 0.717) is 42.3 Å². The molecule has 0 aliphatic carbocycles. The van der Waals surface area contributed by atoms with E-state index in [1.807, 2.05) is 78.9 Å². The van der Waals surface area contributed by atoms with Crippen LogP contribution < -0.4 is 10.6 Å². The summed E-state index contributed by atoms with van der Waals surface area (Å²) in [5.74, 6) is 0.802.